The van der Waals surface area contributed by atoms with E-state index in [-0.39, 0.29) is 0 Å². The number of hydrazine groups is 1. The topological polar surface area (TPSA) is 56.3 Å². The second-order valence-electron chi connectivity index (χ2n) is 2.38. The smallest absolute Gasteiger partial charge is 0.140 e. The summed E-state index contributed by atoms with van der Waals surface area (Å²) < 4.78 is 0. The number of aromatic amines is 1. The van der Waals surface area contributed by atoms with E-state index in [1.165, 1.54) is 0 Å². The average molecular weight is 163 g/mol. The van der Waals surface area contributed by atoms with Gasteiger partial charge in [0.2, 0.25) is 0 Å². The van der Waals surface area contributed by atoms with Crippen LogP contribution in [0.5, 0.6) is 0 Å². The molecule has 0 amide bonds. The minimum absolute atomic E-state index is 0.808. The molecule has 12 heavy (non-hydrogen) atoms. The molecule has 0 bridgehead atoms. The number of nitrogens with zero attached hydrogens (tertiary/aromatic N) is 3. The van der Waals surface area contributed by atoms with Gasteiger partial charge in [-0.1, -0.05) is 0 Å². The van der Waals surface area contributed by atoms with Crippen molar-refractivity contribution >= 4 is 12.2 Å². The zero-order valence-electron chi connectivity index (χ0n) is 6.44. The summed E-state index contributed by atoms with van der Waals surface area (Å²) in [4.78, 5) is 3.96. The fourth-order valence-corrected chi connectivity index (χ4v) is 0.935. The molecule has 0 unspecified atom stereocenters. The summed E-state index contributed by atoms with van der Waals surface area (Å²) >= 11 is 0. The molecule has 5 heteroatoms. The number of aromatic nitrogens is 2. The van der Waals surface area contributed by atoms with Crippen LogP contribution in [0.3, 0.4) is 0 Å². The Balaban J connectivity index is 1.96. The van der Waals surface area contributed by atoms with Crippen molar-refractivity contribution in [1.29, 1.82) is 0 Å². The van der Waals surface area contributed by atoms with Crippen LogP contribution in [0.15, 0.2) is 29.5 Å². The van der Waals surface area contributed by atoms with Gasteiger partial charge in [0.1, 0.15) is 12.2 Å². The molecular formula is C7H9N5. The molecule has 0 fully saturated rings. The van der Waals surface area contributed by atoms with Crippen LogP contribution in [0.1, 0.15) is 0 Å². The number of hydrogen-bond acceptors (Lipinski definition) is 4. The van der Waals surface area contributed by atoms with Gasteiger partial charge in [0.05, 0.1) is 12.7 Å². The maximum Gasteiger partial charge on any atom is 0.140 e. The van der Waals surface area contributed by atoms with E-state index in [4.69, 9.17) is 0 Å². The van der Waals surface area contributed by atoms with Crippen molar-refractivity contribution < 1.29 is 0 Å². The van der Waals surface area contributed by atoms with Gasteiger partial charge in [0, 0.05) is 12.3 Å². The second kappa shape index (κ2) is 3.08. The summed E-state index contributed by atoms with van der Waals surface area (Å²) in [6, 6.07) is 1.85. The molecule has 0 saturated carbocycles. The molecule has 1 aliphatic heterocycles. The lowest BCUT2D eigenvalue weighted by Gasteiger charge is -2.19. The molecule has 0 aromatic carbocycles. The molecular weight excluding hydrogens is 154 g/mol. The Hall–Kier alpha value is -1.78. The van der Waals surface area contributed by atoms with E-state index < -0.39 is 0 Å². The number of hydrogen-bond donors (Lipinski definition) is 2. The van der Waals surface area contributed by atoms with Crippen molar-refractivity contribution in [1.82, 2.24) is 15.2 Å². The van der Waals surface area contributed by atoms with E-state index in [0.29, 0.717) is 0 Å². The van der Waals surface area contributed by atoms with Gasteiger partial charge < -0.3 is 0 Å². The molecule has 0 atom stereocenters. The summed E-state index contributed by atoms with van der Waals surface area (Å²) in [5, 5.41) is 8.46. The molecule has 2 rings (SSSR count). The Morgan fingerprint density at radius 3 is 3.25 bits per heavy atom. The zero-order chi connectivity index (χ0) is 8.23. The Kier molecular flexibility index (Phi) is 1.77. The van der Waals surface area contributed by atoms with Crippen LogP contribution in [0.25, 0.3) is 0 Å². The highest BCUT2D eigenvalue weighted by Crippen LogP contribution is 2.01. The molecule has 1 aliphatic rings. The molecule has 5 nitrogen and oxygen atoms in total. The number of aliphatic imine (C=N–C) groups is 1. The van der Waals surface area contributed by atoms with Gasteiger partial charge in [-0.25, -0.2) is 4.99 Å². The molecule has 2 heterocycles. The van der Waals surface area contributed by atoms with E-state index >= 15 is 0 Å². The highest BCUT2D eigenvalue weighted by atomic mass is 15.5. The minimum atomic E-state index is 0.808. The fourth-order valence-electron chi connectivity index (χ4n) is 0.935. The second-order valence-corrected chi connectivity index (χ2v) is 2.38. The van der Waals surface area contributed by atoms with Crippen LogP contribution >= 0.6 is 0 Å². The summed E-state index contributed by atoms with van der Waals surface area (Å²) in [5.74, 6) is 0.858. The molecule has 2 N–H and O–H groups in total. The van der Waals surface area contributed by atoms with Crippen molar-refractivity contribution in [2.24, 2.45) is 4.99 Å². The van der Waals surface area contributed by atoms with Crippen molar-refractivity contribution in [3.05, 3.63) is 24.5 Å². The first-order valence-electron chi connectivity index (χ1n) is 3.66. The van der Waals surface area contributed by atoms with Gasteiger partial charge in [-0.15, -0.1) is 0 Å². The molecule has 1 aromatic heterocycles. The highest BCUT2D eigenvalue weighted by molar-refractivity contribution is 5.59. The van der Waals surface area contributed by atoms with Crippen LogP contribution in [0.2, 0.25) is 0 Å². The lowest BCUT2D eigenvalue weighted by Crippen LogP contribution is -2.30. The third-order valence-corrected chi connectivity index (χ3v) is 1.46. The lowest BCUT2D eigenvalue weighted by atomic mass is 10.5. The summed E-state index contributed by atoms with van der Waals surface area (Å²) in [5.41, 5.74) is 3.08. The standard InChI is InChI=1S/C7H9N5/c1-3-8-6-12(5-1)11-7-2-4-9-10-7/h1-4,6H,5H2,(H2,9,10,11). The third kappa shape index (κ3) is 1.45. The Labute approximate surface area is 69.8 Å². The van der Waals surface area contributed by atoms with E-state index in [1.807, 2.05) is 17.2 Å². The van der Waals surface area contributed by atoms with Gasteiger partial charge in [-0.2, -0.15) is 5.10 Å². The number of H-pyrrole nitrogens is 1. The van der Waals surface area contributed by atoms with Crippen LogP contribution in [0.4, 0.5) is 5.82 Å². The lowest BCUT2D eigenvalue weighted by molar-refractivity contribution is 0.559. The fraction of sp³-hybridized carbons (Fsp3) is 0.143. The predicted octanol–water partition coefficient (Wildman–Crippen LogP) is 0.594. The minimum Gasteiger partial charge on any atom is -0.281 e. The van der Waals surface area contributed by atoms with E-state index in [0.717, 1.165) is 12.4 Å². The predicted molar refractivity (Wildman–Crippen MR) is 46.5 cm³/mol. The molecule has 0 saturated heterocycles. The maximum absolute atomic E-state index is 3.96. The van der Waals surface area contributed by atoms with Crippen LogP contribution in [-0.2, 0) is 0 Å². The molecule has 0 aliphatic carbocycles. The van der Waals surface area contributed by atoms with Crippen LogP contribution < -0.4 is 5.43 Å². The Morgan fingerprint density at radius 2 is 2.58 bits per heavy atom. The summed E-state index contributed by atoms with van der Waals surface area (Å²) in [6.07, 6.45) is 7.15. The molecule has 1 aromatic rings. The third-order valence-electron chi connectivity index (χ3n) is 1.46. The number of anilines is 1. The van der Waals surface area contributed by atoms with Crippen molar-refractivity contribution in [2.75, 3.05) is 12.0 Å². The first-order chi connectivity index (χ1) is 5.95. The van der Waals surface area contributed by atoms with Gasteiger partial charge in [0.25, 0.3) is 0 Å². The average Bonchev–Trinajstić information content (AvgIpc) is 2.59. The van der Waals surface area contributed by atoms with Gasteiger partial charge in [-0.3, -0.25) is 15.5 Å². The molecule has 0 spiro atoms. The van der Waals surface area contributed by atoms with Gasteiger partial charge in [0.15, 0.2) is 0 Å². The van der Waals surface area contributed by atoms with Gasteiger partial charge >= 0.3 is 0 Å². The van der Waals surface area contributed by atoms with Crippen molar-refractivity contribution in [2.45, 2.75) is 0 Å². The Bertz CT molecular complexity index is 287. The number of rotatable bonds is 2. The van der Waals surface area contributed by atoms with Crippen molar-refractivity contribution in [3.8, 4) is 0 Å². The maximum atomic E-state index is 3.96. The largest absolute Gasteiger partial charge is 0.281 e. The first-order valence-corrected chi connectivity index (χ1v) is 3.66. The quantitative estimate of drug-likeness (QED) is 0.671. The van der Waals surface area contributed by atoms with Crippen LogP contribution in [-0.4, -0.2) is 28.1 Å². The van der Waals surface area contributed by atoms with Crippen molar-refractivity contribution in [3.63, 3.8) is 0 Å². The SMILES string of the molecule is C1=CN=CN(Nc2ccn[nH]2)C1. The van der Waals surface area contributed by atoms with Crippen LogP contribution in [0, 0.1) is 0 Å². The number of nitrogens with one attached hydrogen (secondary N) is 2. The van der Waals surface area contributed by atoms with Gasteiger partial charge in [-0.05, 0) is 6.08 Å². The Morgan fingerprint density at radius 1 is 1.58 bits per heavy atom. The molecule has 62 valence electrons. The van der Waals surface area contributed by atoms with E-state index in [1.54, 1.807) is 18.7 Å². The van der Waals surface area contributed by atoms with E-state index in [2.05, 4.69) is 20.6 Å². The normalized spacial score (nSPS) is 15.2. The monoisotopic (exact) mass is 163 g/mol. The van der Waals surface area contributed by atoms with E-state index in [9.17, 15) is 0 Å². The zero-order valence-corrected chi connectivity index (χ0v) is 6.44. The highest BCUT2D eigenvalue weighted by Gasteiger charge is 1.99. The summed E-state index contributed by atoms with van der Waals surface area (Å²) in [6.45, 7) is 0.808. The summed E-state index contributed by atoms with van der Waals surface area (Å²) in [7, 11) is 0. The molecule has 0 radical (unpaired) electrons. The first kappa shape index (κ1) is 6.90.